The van der Waals surface area contributed by atoms with Crippen molar-refractivity contribution in [1.82, 2.24) is 0 Å². The summed E-state index contributed by atoms with van der Waals surface area (Å²) in [5.41, 5.74) is 8.94. The Morgan fingerprint density at radius 3 is 1.97 bits per heavy atom. The van der Waals surface area contributed by atoms with Crippen LogP contribution in [-0.4, -0.2) is 45.3 Å². The second-order valence-corrected chi connectivity index (χ2v) is 27.4. The van der Waals surface area contributed by atoms with Crippen LogP contribution >= 0.6 is 0 Å². The normalized spacial score (nSPS) is 32.2. The molecule has 11 atom stereocenters. The fourth-order valence-electron chi connectivity index (χ4n) is 14.2. The van der Waals surface area contributed by atoms with Gasteiger partial charge in [-0.3, -0.25) is 0 Å². The van der Waals surface area contributed by atoms with Gasteiger partial charge in [0.1, 0.15) is 34.4 Å². The van der Waals surface area contributed by atoms with E-state index in [0.717, 1.165) is 74.2 Å². The minimum absolute atomic E-state index is 0.0936. The van der Waals surface area contributed by atoms with E-state index in [1.165, 1.54) is 95.9 Å². The standard InChI is InChI=1S/C69H106O5/c1-46(2)24-20-26-48(4)28-21-29-49(5)31-23-37-67(16)38-36-59-60-42-56(40-51(7)35-39-69-66(14,15)44-58(71)45-68(69,17)74-69)62(72-63(60)54(10)55(11)64(59)73-67)52(8)32-19-18-25-47(3)27-22-30-50(6)33-34-61-53(9)41-57(70)43-65(61,12)13/h18-19,22,25,27,30,32-35,39-40,46,48-49,53,56-58,61-62,70-71H,20-21,23-24,26,28-29,31,36-38,41-45H2,1-17H3/b19-18+,27-22+,34-33+,39-35+,47-25+,50-30+,51-40-,52-32+/t48-,49-,53?,56+,57-,58+,61?,62-,67-,68-,69+/m1/s1. The Hall–Kier alpha value is -3.38. The maximum Gasteiger partial charge on any atom is 0.127 e. The molecule has 1 aromatic carbocycles. The van der Waals surface area contributed by atoms with Crippen LogP contribution in [0.3, 0.4) is 0 Å². The van der Waals surface area contributed by atoms with Crippen LogP contribution < -0.4 is 9.47 Å². The Kier molecular flexibility index (Phi) is 20.2. The molecule has 1 saturated heterocycles. The minimum Gasteiger partial charge on any atom is -0.487 e. The summed E-state index contributed by atoms with van der Waals surface area (Å²) in [6.45, 7) is 38.7. The van der Waals surface area contributed by atoms with E-state index < -0.39 is 0 Å². The lowest BCUT2D eigenvalue weighted by Gasteiger charge is -2.43. The zero-order chi connectivity index (χ0) is 54.4. The zero-order valence-corrected chi connectivity index (χ0v) is 50.1. The van der Waals surface area contributed by atoms with Gasteiger partial charge in [-0.05, 0) is 165 Å². The fraction of sp³-hybridized carbons (Fsp3) is 0.681. The average Bonchev–Trinajstić information content (AvgIpc) is 3.93. The van der Waals surface area contributed by atoms with E-state index in [1.54, 1.807) is 0 Å². The summed E-state index contributed by atoms with van der Waals surface area (Å²) in [4.78, 5) is 0. The van der Waals surface area contributed by atoms with Crippen molar-refractivity contribution in [1.29, 1.82) is 0 Å². The third kappa shape index (κ3) is 14.8. The molecule has 0 amide bonds. The maximum atomic E-state index is 10.7. The smallest absolute Gasteiger partial charge is 0.127 e. The summed E-state index contributed by atoms with van der Waals surface area (Å²) in [5.74, 6) is 5.62. The summed E-state index contributed by atoms with van der Waals surface area (Å²) < 4.78 is 21.1. The molecule has 5 heteroatoms. The Labute approximate surface area is 453 Å². The molecule has 412 valence electrons. The molecule has 74 heavy (non-hydrogen) atoms. The molecule has 6 rings (SSSR count). The molecular formula is C69H106O5. The predicted molar refractivity (Wildman–Crippen MR) is 314 cm³/mol. The number of aliphatic hydroxyl groups excluding tert-OH is 2. The predicted octanol–water partition coefficient (Wildman–Crippen LogP) is 17.9. The third-order valence-corrected chi connectivity index (χ3v) is 18.8. The van der Waals surface area contributed by atoms with E-state index in [9.17, 15) is 10.2 Å². The highest BCUT2D eigenvalue weighted by molar-refractivity contribution is 5.61. The molecule has 5 nitrogen and oxygen atoms in total. The third-order valence-electron chi connectivity index (χ3n) is 18.8. The molecular weight excluding hydrogens is 909 g/mol. The molecule has 0 radical (unpaired) electrons. The number of aliphatic hydroxyl groups is 2. The minimum atomic E-state index is -0.380. The van der Waals surface area contributed by atoms with Gasteiger partial charge >= 0.3 is 0 Å². The molecule has 1 aromatic rings. The molecule has 5 aliphatic rings. The molecule has 0 spiro atoms. The van der Waals surface area contributed by atoms with E-state index in [2.05, 4.69) is 191 Å². The summed E-state index contributed by atoms with van der Waals surface area (Å²) in [6, 6.07) is 0. The Morgan fingerprint density at radius 1 is 0.689 bits per heavy atom. The van der Waals surface area contributed by atoms with Crippen molar-refractivity contribution in [2.24, 2.45) is 46.3 Å². The first kappa shape index (κ1) is 59.9. The summed E-state index contributed by atoms with van der Waals surface area (Å²) in [6.07, 6.45) is 44.0. The highest BCUT2D eigenvalue weighted by atomic mass is 16.6. The second kappa shape index (κ2) is 25.0. The van der Waals surface area contributed by atoms with Crippen molar-refractivity contribution in [3.63, 3.8) is 0 Å². The quantitative estimate of drug-likeness (QED) is 0.0894. The van der Waals surface area contributed by atoms with Gasteiger partial charge in [-0.2, -0.15) is 0 Å². The molecule has 3 fully saturated rings. The van der Waals surface area contributed by atoms with Crippen LogP contribution in [0, 0.1) is 60.2 Å². The monoisotopic (exact) mass is 1010 g/mol. The summed E-state index contributed by atoms with van der Waals surface area (Å²) >= 11 is 0. The van der Waals surface area contributed by atoms with Gasteiger partial charge in [-0.25, -0.2) is 0 Å². The van der Waals surface area contributed by atoms with E-state index in [0.29, 0.717) is 18.3 Å². The SMILES string of the molecule is CC(=C/[C@H]1Cc2c3c(c(C)c(C)c2O[C@@H]1/C(C)=C/C=C/C=C(C)/C=C/C=C(C)/C=C/C1C(C)C[C@@H](O)CC1(C)C)O[C@](C)(CCC[C@H](C)CCC[C@H](C)CCCC(C)C)CC3)/C=C/[C@@]12O[C@]1(C)C[C@@H](O)CC2(C)C. The van der Waals surface area contributed by atoms with Gasteiger partial charge in [-0.15, -0.1) is 0 Å². The lowest BCUT2D eigenvalue weighted by Crippen LogP contribution is -2.46. The van der Waals surface area contributed by atoms with Crippen molar-refractivity contribution in [3.8, 4) is 11.5 Å². The number of benzene rings is 1. The van der Waals surface area contributed by atoms with Crippen molar-refractivity contribution in [2.45, 2.75) is 256 Å². The van der Waals surface area contributed by atoms with Gasteiger partial charge in [0.2, 0.25) is 0 Å². The molecule has 3 aliphatic heterocycles. The van der Waals surface area contributed by atoms with Crippen molar-refractivity contribution < 1.29 is 24.4 Å². The first-order chi connectivity index (χ1) is 34.7. The lowest BCUT2D eigenvalue weighted by atomic mass is 9.63. The first-order valence-corrected chi connectivity index (χ1v) is 29.7. The van der Waals surface area contributed by atoms with E-state index >= 15 is 0 Å². The van der Waals surface area contributed by atoms with Crippen molar-refractivity contribution in [3.05, 3.63) is 117 Å². The maximum absolute atomic E-state index is 10.7. The molecule has 2 N–H and O–H groups in total. The van der Waals surface area contributed by atoms with Crippen LogP contribution in [0.25, 0.3) is 0 Å². The summed E-state index contributed by atoms with van der Waals surface area (Å²) in [5, 5.41) is 21.1. The highest BCUT2D eigenvalue weighted by Gasteiger charge is 2.74. The van der Waals surface area contributed by atoms with Crippen LogP contribution in [0.4, 0.5) is 0 Å². The van der Waals surface area contributed by atoms with Crippen molar-refractivity contribution >= 4 is 0 Å². The van der Waals surface area contributed by atoms with Gasteiger partial charge in [0.25, 0.3) is 0 Å². The van der Waals surface area contributed by atoms with E-state index in [1.807, 2.05) is 0 Å². The zero-order valence-electron chi connectivity index (χ0n) is 50.1. The Morgan fingerprint density at radius 2 is 1.31 bits per heavy atom. The number of hydrogen-bond donors (Lipinski definition) is 2. The molecule has 2 unspecified atom stereocenters. The molecule has 0 bridgehead atoms. The largest absolute Gasteiger partial charge is 0.487 e. The molecule has 3 heterocycles. The van der Waals surface area contributed by atoms with Gasteiger partial charge < -0.3 is 24.4 Å². The van der Waals surface area contributed by atoms with Gasteiger partial charge in [0.15, 0.2) is 0 Å². The number of fused-ring (bicyclic) bond motifs is 4. The Bertz CT molecular complexity index is 2330. The van der Waals surface area contributed by atoms with Crippen molar-refractivity contribution in [2.75, 3.05) is 0 Å². The average molecular weight is 1020 g/mol. The van der Waals surface area contributed by atoms with E-state index in [4.69, 9.17) is 14.2 Å². The van der Waals surface area contributed by atoms with Crippen LogP contribution in [0.1, 0.15) is 216 Å². The van der Waals surface area contributed by atoms with Gasteiger partial charge in [-0.1, -0.05) is 191 Å². The van der Waals surface area contributed by atoms with Crippen LogP contribution in [0.15, 0.2) is 95.2 Å². The molecule has 2 aliphatic carbocycles. The number of rotatable bonds is 22. The fourth-order valence-corrected chi connectivity index (χ4v) is 14.2. The van der Waals surface area contributed by atoms with Crippen LogP contribution in [0.2, 0.25) is 0 Å². The number of allylic oxidation sites excluding steroid dienone is 13. The molecule has 0 aromatic heterocycles. The second-order valence-electron chi connectivity index (χ2n) is 27.4. The topological polar surface area (TPSA) is 71.5 Å². The highest BCUT2D eigenvalue weighted by Crippen LogP contribution is 2.66. The first-order valence-electron chi connectivity index (χ1n) is 29.7. The number of hydrogen-bond acceptors (Lipinski definition) is 5. The summed E-state index contributed by atoms with van der Waals surface area (Å²) in [7, 11) is 0. The van der Waals surface area contributed by atoms with Gasteiger partial charge in [0.05, 0.1) is 12.2 Å². The van der Waals surface area contributed by atoms with Crippen LogP contribution in [0.5, 0.6) is 11.5 Å². The Balaban J connectivity index is 1.17. The number of epoxide rings is 1. The van der Waals surface area contributed by atoms with E-state index in [-0.39, 0.29) is 51.9 Å². The van der Waals surface area contributed by atoms with Crippen LogP contribution in [-0.2, 0) is 17.6 Å². The number of ether oxygens (including phenoxy) is 3. The molecule has 2 saturated carbocycles. The van der Waals surface area contributed by atoms with Gasteiger partial charge in [0, 0.05) is 28.9 Å². The lowest BCUT2D eigenvalue weighted by molar-refractivity contribution is 0.00770.